The largest absolute Gasteiger partial charge is 0.305 e. The van der Waals surface area contributed by atoms with E-state index in [1.807, 2.05) is 42.9 Å². The van der Waals surface area contributed by atoms with Crippen LogP contribution in [-0.4, -0.2) is 29.1 Å². The van der Waals surface area contributed by atoms with Gasteiger partial charge in [0.15, 0.2) is 0 Å². The third-order valence-electron chi connectivity index (χ3n) is 8.29. The third-order valence-corrected chi connectivity index (χ3v) is 8.29. The number of para-hydroxylation sites is 1. The summed E-state index contributed by atoms with van der Waals surface area (Å²) >= 11 is 0. The molecule has 0 unspecified atom stereocenters. The van der Waals surface area contributed by atoms with Crippen LogP contribution in [0.2, 0.25) is 0 Å². The van der Waals surface area contributed by atoms with Crippen molar-refractivity contribution in [3.05, 3.63) is 146 Å². The average Bonchev–Trinajstić information content (AvgIpc) is 3.62. The first-order chi connectivity index (χ1) is 21.8. The monoisotopic (exact) mass is 564 g/mol. The summed E-state index contributed by atoms with van der Waals surface area (Å²) in [6.45, 7) is 0. The summed E-state index contributed by atoms with van der Waals surface area (Å²) in [6.07, 6.45) is 7.49. The van der Waals surface area contributed by atoms with Crippen LogP contribution < -0.4 is 0 Å². The minimum Gasteiger partial charge on any atom is -0.305 e. The molecule has 6 aromatic heterocycles. The van der Waals surface area contributed by atoms with Crippen LogP contribution in [0.5, 0.6) is 0 Å². The number of fused-ring (bicyclic) bond motifs is 7. The zero-order chi connectivity index (χ0) is 29.0. The Labute approximate surface area is 252 Å². The molecule has 0 atom stereocenters. The van der Waals surface area contributed by atoms with E-state index < -0.39 is 0 Å². The molecule has 0 aliphatic rings. The van der Waals surface area contributed by atoms with Gasteiger partial charge in [0.1, 0.15) is 11.5 Å². The van der Waals surface area contributed by atoms with Crippen molar-refractivity contribution < 1.29 is 0 Å². The van der Waals surface area contributed by atoms with Crippen LogP contribution in [0.3, 0.4) is 0 Å². The molecule has 0 saturated carbocycles. The lowest BCUT2D eigenvalue weighted by Crippen LogP contribution is -2.01. The molecule has 0 aliphatic heterocycles. The van der Waals surface area contributed by atoms with E-state index in [1.54, 1.807) is 6.20 Å². The van der Waals surface area contributed by atoms with E-state index in [2.05, 4.69) is 111 Å². The van der Waals surface area contributed by atoms with Gasteiger partial charge in [0.05, 0.1) is 45.0 Å². The second kappa shape index (κ2) is 9.71. The number of pyridine rings is 4. The Balaban J connectivity index is 1.43. The minimum atomic E-state index is 0.811. The molecule has 6 nitrogen and oxygen atoms in total. The van der Waals surface area contributed by atoms with Crippen molar-refractivity contribution in [2.75, 3.05) is 0 Å². The van der Waals surface area contributed by atoms with Crippen molar-refractivity contribution in [1.29, 1.82) is 0 Å². The number of aromatic nitrogens is 6. The first-order valence-corrected chi connectivity index (χ1v) is 14.6. The molecule has 0 saturated heterocycles. The Morgan fingerprint density at radius 2 is 1.27 bits per heavy atom. The molecule has 0 fully saturated rings. The Kier molecular flexibility index (Phi) is 5.40. The van der Waals surface area contributed by atoms with Crippen molar-refractivity contribution >= 4 is 43.9 Å². The van der Waals surface area contributed by atoms with E-state index in [1.165, 1.54) is 0 Å². The maximum absolute atomic E-state index is 5.27. The highest BCUT2D eigenvalue weighted by Crippen LogP contribution is 2.40. The van der Waals surface area contributed by atoms with Gasteiger partial charge < -0.3 is 4.57 Å². The maximum Gasteiger partial charge on any atom is 0.148 e. The van der Waals surface area contributed by atoms with E-state index in [0.717, 1.165) is 77.8 Å². The van der Waals surface area contributed by atoms with E-state index >= 15 is 0 Å². The molecule has 9 rings (SSSR count). The molecule has 6 heteroatoms. The molecule has 0 radical (unpaired) electrons. The normalized spacial score (nSPS) is 11.6. The van der Waals surface area contributed by atoms with Gasteiger partial charge in [-0.05, 0) is 53.6 Å². The molecule has 0 bridgehead atoms. The Morgan fingerprint density at radius 1 is 0.523 bits per heavy atom. The maximum atomic E-state index is 5.27. The van der Waals surface area contributed by atoms with Crippen molar-refractivity contribution in [2.45, 2.75) is 0 Å². The first kappa shape index (κ1) is 24.5. The van der Waals surface area contributed by atoms with Gasteiger partial charge in [0.25, 0.3) is 0 Å². The molecule has 3 aromatic carbocycles. The smallest absolute Gasteiger partial charge is 0.148 e. The molecular weight excluding hydrogens is 540 g/mol. The van der Waals surface area contributed by atoms with Crippen LogP contribution in [0.15, 0.2) is 146 Å². The standard InChI is InChI=1S/C38H24N6/c1-3-11-25(12-4-1)27-21-31(26-13-5-2-6-14-26)42-34(22-27)44-32-17-8-7-16-29(32)35-37-30(24-41-38(35)44)36-33(18-10-20-40-36)43(37)28-15-9-19-39-23-28/h1-24H. The SMILES string of the molecule is c1ccc(-c2cc(-c3ccccc3)nc(-n3c4ccccc4c4c3ncc3c5ncccc5n(-c5cccnc5)c34)c2)cc1. The summed E-state index contributed by atoms with van der Waals surface area (Å²) < 4.78 is 4.45. The summed E-state index contributed by atoms with van der Waals surface area (Å²) in [5, 5.41) is 3.14. The molecule has 44 heavy (non-hydrogen) atoms. The van der Waals surface area contributed by atoms with E-state index in [4.69, 9.17) is 15.0 Å². The molecule has 0 N–H and O–H groups in total. The zero-order valence-corrected chi connectivity index (χ0v) is 23.5. The predicted octanol–water partition coefficient (Wildman–Crippen LogP) is 8.79. The van der Waals surface area contributed by atoms with Crippen LogP contribution in [0.1, 0.15) is 0 Å². The highest BCUT2D eigenvalue weighted by atomic mass is 15.1. The van der Waals surface area contributed by atoms with Crippen LogP contribution in [0.4, 0.5) is 0 Å². The van der Waals surface area contributed by atoms with Gasteiger partial charge in [-0.2, -0.15) is 0 Å². The molecule has 0 aliphatic carbocycles. The first-order valence-electron chi connectivity index (χ1n) is 14.6. The van der Waals surface area contributed by atoms with Gasteiger partial charge in [-0.1, -0.05) is 78.9 Å². The van der Waals surface area contributed by atoms with Gasteiger partial charge in [-0.25, -0.2) is 9.97 Å². The second-order valence-electron chi connectivity index (χ2n) is 10.8. The van der Waals surface area contributed by atoms with Gasteiger partial charge in [-0.3, -0.25) is 14.5 Å². The zero-order valence-electron chi connectivity index (χ0n) is 23.5. The van der Waals surface area contributed by atoms with Crippen molar-refractivity contribution in [3.63, 3.8) is 0 Å². The van der Waals surface area contributed by atoms with Gasteiger partial charge in [0.2, 0.25) is 0 Å². The van der Waals surface area contributed by atoms with Crippen LogP contribution in [0.25, 0.3) is 77.8 Å². The van der Waals surface area contributed by atoms with Crippen LogP contribution in [0, 0.1) is 0 Å². The Morgan fingerprint density at radius 3 is 2.09 bits per heavy atom. The quantitative estimate of drug-likeness (QED) is 0.214. The van der Waals surface area contributed by atoms with Crippen molar-refractivity contribution in [1.82, 2.24) is 29.1 Å². The van der Waals surface area contributed by atoms with Crippen molar-refractivity contribution in [3.8, 4) is 33.9 Å². The van der Waals surface area contributed by atoms with Crippen LogP contribution in [-0.2, 0) is 0 Å². The van der Waals surface area contributed by atoms with Gasteiger partial charge in [-0.15, -0.1) is 0 Å². The second-order valence-corrected chi connectivity index (χ2v) is 10.8. The summed E-state index contributed by atoms with van der Waals surface area (Å²) in [7, 11) is 0. The van der Waals surface area contributed by atoms with Crippen LogP contribution >= 0.6 is 0 Å². The fraction of sp³-hybridized carbons (Fsp3) is 0. The number of rotatable bonds is 4. The molecule has 9 aromatic rings. The predicted molar refractivity (Wildman–Crippen MR) is 177 cm³/mol. The molecular formula is C38H24N6. The number of nitrogens with zero attached hydrogens (tertiary/aromatic N) is 6. The fourth-order valence-electron chi connectivity index (χ4n) is 6.39. The number of hydrogen-bond acceptors (Lipinski definition) is 4. The lowest BCUT2D eigenvalue weighted by molar-refractivity contribution is 1.06. The lowest BCUT2D eigenvalue weighted by atomic mass is 10.0. The van der Waals surface area contributed by atoms with Gasteiger partial charge >= 0.3 is 0 Å². The third kappa shape index (κ3) is 3.68. The topological polar surface area (TPSA) is 61.4 Å². The summed E-state index contributed by atoms with van der Waals surface area (Å²) in [4.78, 5) is 19.7. The number of hydrogen-bond donors (Lipinski definition) is 0. The molecule has 0 amide bonds. The fourth-order valence-corrected chi connectivity index (χ4v) is 6.39. The van der Waals surface area contributed by atoms with E-state index in [9.17, 15) is 0 Å². The summed E-state index contributed by atoms with van der Waals surface area (Å²) in [6, 6.07) is 41.8. The average molecular weight is 565 g/mol. The minimum absolute atomic E-state index is 0.811. The van der Waals surface area contributed by atoms with Gasteiger partial charge in [0, 0.05) is 34.9 Å². The van der Waals surface area contributed by atoms with E-state index in [0.29, 0.717) is 0 Å². The number of benzene rings is 3. The summed E-state index contributed by atoms with van der Waals surface area (Å²) in [5.41, 5.74) is 10.0. The Bertz CT molecular complexity index is 2420. The highest BCUT2D eigenvalue weighted by Gasteiger charge is 2.23. The molecule has 206 valence electrons. The molecule has 0 spiro atoms. The van der Waals surface area contributed by atoms with E-state index in [-0.39, 0.29) is 0 Å². The highest BCUT2D eigenvalue weighted by molar-refractivity contribution is 6.24. The molecule has 6 heterocycles. The Hall–Kier alpha value is -6.14. The lowest BCUT2D eigenvalue weighted by Gasteiger charge is -2.12. The summed E-state index contributed by atoms with van der Waals surface area (Å²) in [5.74, 6) is 0.811. The van der Waals surface area contributed by atoms with Crippen molar-refractivity contribution in [2.24, 2.45) is 0 Å².